The van der Waals surface area contributed by atoms with E-state index in [1.807, 2.05) is 12.3 Å². The van der Waals surface area contributed by atoms with E-state index in [-0.39, 0.29) is 0 Å². The Balaban J connectivity index is 1.52. The first-order chi connectivity index (χ1) is 10.4. The van der Waals surface area contributed by atoms with Crippen molar-refractivity contribution in [1.29, 1.82) is 0 Å². The van der Waals surface area contributed by atoms with Gasteiger partial charge in [-0.2, -0.15) is 0 Å². The van der Waals surface area contributed by atoms with Crippen molar-refractivity contribution in [1.82, 2.24) is 9.88 Å². The first-order valence-corrected chi connectivity index (χ1v) is 8.30. The summed E-state index contributed by atoms with van der Waals surface area (Å²) >= 11 is 1.76. The van der Waals surface area contributed by atoms with Crippen LogP contribution in [0.4, 0.5) is 0 Å². The summed E-state index contributed by atoms with van der Waals surface area (Å²) in [7, 11) is 0. The summed E-state index contributed by atoms with van der Waals surface area (Å²) in [5.74, 6) is 1.74. The Morgan fingerprint density at radius 1 is 1.24 bits per heavy atom. The van der Waals surface area contributed by atoms with Crippen LogP contribution in [-0.2, 0) is 6.54 Å². The average molecular weight is 302 g/mol. The molecule has 0 aliphatic carbocycles. The van der Waals surface area contributed by atoms with Crippen LogP contribution in [0, 0.1) is 0 Å². The zero-order valence-corrected chi connectivity index (χ0v) is 12.6. The zero-order valence-electron chi connectivity index (χ0n) is 11.8. The van der Waals surface area contributed by atoms with E-state index in [9.17, 15) is 0 Å². The SMILES string of the molecule is c1csc(C2CCCN2Cc2ccc3c(c2)OCCO3)n1. The third-order valence-corrected chi connectivity index (χ3v) is 4.97. The second-order valence-electron chi connectivity index (χ2n) is 5.48. The van der Waals surface area contributed by atoms with Crippen LogP contribution < -0.4 is 9.47 Å². The Morgan fingerprint density at radius 2 is 2.14 bits per heavy atom. The highest BCUT2D eigenvalue weighted by atomic mass is 32.1. The largest absolute Gasteiger partial charge is 0.486 e. The van der Waals surface area contributed by atoms with Gasteiger partial charge in [0, 0.05) is 18.1 Å². The van der Waals surface area contributed by atoms with Gasteiger partial charge in [-0.1, -0.05) is 6.07 Å². The molecule has 4 nitrogen and oxygen atoms in total. The number of ether oxygens (including phenoxy) is 2. The van der Waals surface area contributed by atoms with Crippen LogP contribution in [0.25, 0.3) is 0 Å². The Bertz CT molecular complexity index is 615. The third kappa shape index (κ3) is 2.63. The van der Waals surface area contributed by atoms with Crippen molar-refractivity contribution < 1.29 is 9.47 Å². The fourth-order valence-electron chi connectivity index (χ4n) is 3.11. The number of rotatable bonds is 3. The number of aromatic nitrogens is 1. The molecule has 2 aromatic rings. The maximum atomic E-state index is 5.67. The summed E-state index contributed by atoms with van der Waals surface area (Å²) < 4.78 is 11.3. The molecule has 1 atom stereocenters. The Morgan fingerprint density at radius 3 is 3.00 bits per heavy atom. The van der Waals surface area contributed by atoms with Gasteiger partial charge in [0.1, 0.15) is 18.2 Å². The van der Waals surface area contributed by atoms with Crippen LogP contribution >= 0.6 is 11.3 Å². The Labute approximate surface area is 128 Å². The molecule has 0 saturated carbocycles. The molecular weight excluding hydrogens is 284 g/mol. The number of fused-ring (bicyclic) bond motifs is 1. The summed E-state index contributed by atoms with van der Waals surface area (Å²) in [6.45, 7) is 3.37. The van der Waals surface area contributed by atoms with Gasteiger partial charge in [0.2, 0.25) is 0 Å². The molecule has 1 aromatic carbocycles. The smallest absolute Gasteiger partial charge is 0.161 e. The van der Waals surface area contributed by atoms with E-state index in [4.69, 9.17) is 9.47 Å². The van der Waals surface area contributed by atoms with Crippen LogP contribution in [-0.4, -0.2) is 29.6 Å². The number of hydrogen-bond acceptors (Lipinski definition) is 5. The van der Waals surface area contributed by atoms with Gasteiger partial charge in [0.15, 0.2) is 11.5 Å². The van der Waals surface area contributed by atoms with E-state index in [2.05, 4.69) is 27.4 Å². The standard InChI is InChI=1S/C16H18N2O2S/c1-2-13(16-17-5-9-21-16)18(6-1)11-12-3-4-14-15(10-12)20-8-7-19-14/h3-5,9-10,13H,1-2,6-8,11H2. The molecule has 1 fully saturated rings. The quantitative estimate of drug-likeness (QED) is 0.871. The summed E-state index contributed by atoms with van der Waals surface area (Å²) in [5, 5.41) is 3.31. The van der Waals surface area contributed by atoms with Gasteiger partial charge in [-0.05, 0) is 37.1 Å². The maximum Gasteiger partial charge on any atom is 0.161 e. The van der Waals surface area contributed by atoms with Crippen LogP contribution in [0.2, 0.25) is 0 Å². The van der Waals surface area contributed by atoms with E-state index in [0.29, 0.717) is 19.3 Å². The highest BCUT2D eigenvalue weighted by Gasteiger charge is 2.28. The zero-order chi connectivity index (χ0) is 14.1. The highest BCUT2D eigenvalue weighted by Crippen LogP contribution is 2.36. The first-order valence-electron chi connectivity index (χ1n) is 7.42. The van der Waals surface area contributed by atoms with Crippen LogP contribution in [0.15, 0.2) is 29.8 Å². The van der Waals surface area contributed by atoms with Crippen molar-refractivity contribution in [2.45, 2.75) is 25.4 Å². The van der Waals surface area contributed by atoms with Gasteiger partial charge in [-0.3, -0.25) is 4.90 Å². The number of hydrogen-bond donors (Lipinski definition) is 0. The maximum absolute atomic E-state index is 5.67. The van der Waals surface area contributed by atoms with Crippen molar-refractivity contribution in [3.05, 3.63) is 40.3 Å². The topological polar surface area (TPSA) is 34.6 Å². The van der Waals surface area contributed by atoms with Crippen molar-refractivity contribution in [2.24, 2.45) is 0 Å². The Kier molecular flexibility index (Phi) is 3.53. The van der Waals surface area contributed by atoms with Crippen LogP contribution in [0.1, 0.15) is 29.5 Å². The molecule has 21 heavy (non-hydrogen) atoms. The lowest BCUT2D eigenvalue weighted by Gasteiger charge is -2.24. The predicted molar refractivity (Wildman–Crippen MR) is 81.9 cm³/mol. The van der Waals surface area contributed by atoms with Gasteiger partial charge >= 0.3 is 0 Å². The number of thiazole rings is 1. The summed E-state index contributed by atoms with van der Waals surface area (Å²) in [5.41, 5.74) is 1.28. The molecule has 3 heterocycles. The lowest BCUT2D eigenvalue weighted by Crippen LogP contribution is -2.23. The van der Waals surface area contributed by atoms with E-state index in [0.717, 1.165) is 24.6 Å². The summed E-state index contributed by atoms with van der Waals surface area (Å²) in [6.07, 6.45) is 4.35. The van der Waals surface area contributed by atoms with E-state index in [1.54, 1.807) is 11.3 Å². The fourth-order valence-corrected chi connectivity index (χ4v) is 3.92. The molecule has 1 saturated heterocycles. The molecule has 2 aliphatic rings. The highest BCUT2D eigenvalue weighted by molar-refractivity contribution is 7.09. The molecule has 110 valence electrons. The van der Waals surface area contributed by atoms with Gasteiger partial charge in [-0.15, -0.1) is 11.3 Å². The van der Waals surface area contributed by atoms with Gasteiger partial charge < -0.3 is 9.47 Å². The molecule has 0 radical (unpaired) electrons. The molecule has 5 heteroatoms. The molecule has 0 N–H and O–H groups in total. The van der Waals surface area contributed by atoms with E-state index < -0.39 is 0 Å². The van der Waals surface area contributed by atoms with E-state index in [1.165, 1.54) is 23.4 Å². The van der Waals surface area contributed by atoms with Crippen LogP contribution in [0.5, 0.6) is 11.5 Å². The third-order valence-electron chi connectivity index (χ3n) is 4.09. The molecule has 1 aromatic heterocycles. The molecular formula is C16H18N2O2S. The van der Waals surface area contributed by atoms with Gasteiger partial charge in [-0.25, -0.2) is 4.98 Å². The second-order valence-corrected chi connectivity index (χ2v) is 6.40. The van der Waals surface area contributed by atoms with Crippen LogP contribution in [0.3, 0.4) is 0 Å². The average Bonchev–Trinajstić information content (AvgIpc) is 3.18. The molecule has 0 amide bonds. The molecule has 0 bridgehead atoms. The lowest BCUT2D eigenvalue weighted by molar-refractivity contribution is 0.171. The minimum absolute atomic E-state index is 0.471. The molecule has 4 rings (SSSR count). The minimum atomic E-state index is 0.471. The predicted octanol–water partition coefficient (Wildman–Crippen LogP) is 3.25. The van der Waals surface area contributed by atoms with Gasteiger partial charge in [0.25, 0.3) is 0 Å². The normalized spacial score (nSPS) is 21.6. The van der Waals surface area contributed by atoms with Crippen molar-refractivity contribution in [3.63, 3.8) is 0 Å². The fraction of sp³-hybridized carbons (Fsp3) is 0.438. The molecule has 2 aliphatic heterocycles. The molecule has 1 unspecified atom stereocenters. The number of nitrogens with zero attached hydrogens (tertiary/aromatic N) is 2. The summed E-state index contributed by atoms with van der Waals surface area (Å²) in [6, 6.07) is 6.76. The summed E-state index contributed by atoms with van der Waals surface area (Å²) in [4.78, 5) is 7.01. The molecule has 0 spiro atoms. The Hall–Kier alpha value is -1.59. The van der Waals surface area contributed by atoms with Crippen molar-refractivity contribution >= 4 is 11.3 Å². The minimum Gasteiger partial charge on any atom is -0.486 e. The van der Waals surface area contributed by atoms with Crippen molar-refractivity contribution in [2.75, 3.05) is 19.8 Å². The van der Waals surface area contributed by atoms with Crippen molar-refractivity contribution in [3.8, 4) is 11.5 Å². The monoisotopic (exact) mass is 302 g/mol. The number of benzene rings is 1. The number of likely N-dealkylation sites (tertiary alicyclic amines) is 1. The lowest BCUT2D eigenvalue weighted by atomic mass is 10.1. The van der Waals surface area contributed by atoms with E-state index >= 15 is 0 Å². The first kappa shape index (κ1) is 13.1. The second kappa shape index (κ2) is 5.66. The van der Waals surface area contributed by atoms with Gasteiger partial charge in [0.05, 0.1) is 6.04 Å².